The summed E-state index contributed by atoms with van der Waals surface area (Å²) in [4.78, 5) is 12.0. The zero-order valence-electron chi connectivity index (χ0n) is 11.7. The number of para-hydroxylation sites is 1. The summed E-state index contributed by atoms with van der Waals surface area (Å²) in [6.07, 6.45) is 0.170. The normalized spacial score (nSPS) is 27.8. The van der Waals surface area contributed by atoms with E-state index in [1.165, 1.54) is 0 Å². The average molecular weight is 318 g/mol. The highest BCUT2D eigenvalue weighted by Gasteiger charge is 2.42. The van der Waals surface area contributed by atoms with Gasteiger partial charge in [0.1, 0.15) is 0 Å². The Morgan fingerprint density at radius 1 is 1.23 bits per heavy atom. The molecule has 7 nitrogen and oxygen atoms in total. The van der Waals surface area contributed by atoms with Crippen molar-refractivity contribution < 1.29 is 14.3 Å². The number of fused-ring (bicyclic) bond motifs is 2. The monoisotopic (exact) mass is 318 g/mol. The van der Waals surface area contributed by atoms with Gasteiger partial charge in [-0.25, -0.2) is 4.68 Å². The van der Waals surface area contributed by atoms with Gasteiger partial charge in [0.25, 0.3) is 0 Å². The maximum Gasteiger partial charge on any atom is 0.221 e. The largest absolute Gasteiger partial charge is 0.346 e. The van der Waals surface area contributed by atoms with Crippen LogP contribution in [0.25, 0.3) is 5.69 Å². The Balaban J connectivity index is 1.70. The number of carbonyl (C=O) groups excluding carboxylic acids is 1. The molecule has 8 heteroatoms. The van der Waals surface area contributed by atoms with E-state index < -0.39 is 6.29 Å². The van der Waals surface area contributed by atoms with Crippen molar-refractivity contribution in [3.8, 4) is 5.69 Å². The second kappa shape index (κ2) is 5.38. The highest BCUT2D eigenvalue weighted by Crippen LogP contribution is 2.32. The maximum absolute atomic E-state index is 12.0. The molecule has 1 aromatic heterocycles. The van der Waals surface area contributed by atoms with Gasteiger partial charge in [0.15, 0.2) is 5.78 Å². The summed E-state index contributed by atoms with van der Waals surface area (Å²) in [5, 5.41) is 8.27. The smallest absolute Gasteiger partial charge is 0.221 e. The van der Waals surface area contributed by atoms with E-state index in [1.54, 1.807) is 9.36 Å². The van der Waals surface area contributed by atoms with Crippen LogP contribution in [0.5, 0.6) is 0 Å². The lowest BCUT2D eigenvalue weighted by Crippen LogP contribution is -2.48. The zero-order chi connectivity index (χ0) is 15.1. The molecule has 2 aliphatic rings. The molecule has 3 unspecified atom stereocenters. The molecule has 2 saturated heterocycles. The zero-order valence-corrected chi connectivity index (χ0v) is 12.5. The maximum atomic E-state index is 12.0. The molecule has 4 rings (SSSR count). The molecule has 2 aliphatic heterocycles. The molecule has 2 fully saturated rings. The average Bonchev–Trinajstić information content (AvgIpc) is 2.94. The number of Topliss-reactive ketones (excluding diaryl/α,β-unsaturated/α-hetero) is 1. The third-order valence-corrected chi connectivity index (χ3v) is 4.35. The number of tetrazole rings is 1. The predicted octanol–water partition coefficient (Wildman–Crippen LogP) is 1.44. The first kappa shape index (κ1) is 13.7. The van der Waals surface area contributed by atoms with Gasteiger partial charge in [-0.2, -0.15) is 4.68 Å². The van der Waals surface area contributed by atoms with Gasteiger partial charge < -0.3 is 9.47 Å². The van der Waals surface area contributed by atoms with E-state index in [-0.39, 0.29) is 17.9 Å². The first-order valence-electron chi connectivity index (χ1n) is 7.14. The molecule has 2 bridgehead atoms. The van der Waals surface area contributed by atoms with E-state index in [1.807, 2.05) is 30.3 Å². The van der Waals surface area contributed by atoms with Crippen LogP contribution in [0.4, 0.5) is 0 Å². The molecule has 1 aromatic carbocycles. The first-order valence-corrected chi connectivity index (χ1v) is 7.54. The van der Waals surface area contributed by atoms with Crippen LogP contribution in [0.2, 0.25) is 0 Å². The molecular formula is C14H14N4O3S. The van der Waals surface area contributed by atoms with Gasteiger partial charge in [0.2, 0.25) is 11.1 Å². The van der Waals surface area contributed by atoms with E-state index >= 15 is 0 Å². The fourth-order valence-corrected chi connectivity index (χ4v) is 3.20. The van der Waals surface area contributed by atoms with Gasteiger partial charge in [0.05, 0.1) is 24.4 Å². The van der Waals surface area contributed by atoms with E-state index in [4.69, 9.17) is 21.7 Å². The van der Waals surface area contributed by atoms with Crippen molar-refractivity contribution in [2.75, 3.05) is 6.61 Å². The van der Waals surface area contributed by atoms with E-state index in [2.05, 4.69) is 10.4 Å². The molecule has 3 heterocycles. The number of aromatic nitrogens is 4. The van der Waals surface area contributed by atoms with Crippen LogP contribution in [0.3, 0.4) is 0 Å². The molecule has 22 heavy (non-hydrogen) atoms. The lowest BCUT2D eigenvalue weighted by Gasteiger charge is -2.38. The Bertz CT molecular complexity index is 757. The quantitative estimate of drug-likeness (QED) is 0.780. The van der Waals surface area contributed by atoms with Gasteiger partial charge in [-0.05, 0) is 41.2 Å². The van der Waals surface area contributed by atoms with Crippen molar-refractivity contribution in [1.29, 1.82) is 0 Å². The number of ether oxygens (including phenoxy) is 2. The fourth-order valence-electron chi connectivity index (χ4n) is 2.88. The predicted molar refractivity (Wildman–Crippen MR) is 78.1 cm³/mol. The fraction of sp³-hybridized carbons (Fsp3) is 0.429. The highest BCUT2D eigenvalue weighted by atomic mass is 32.1. The Morgan fingerprint density at radius 3 is 2.86 bits per heavy atom. The van der Waals surface area contributed by atoms with Crippen LogP contribution < -0.4 is 0 Å². The molecule has 0 aliphatic carbocycles. The number of hydrogen-bond acceptors (Lipinski definition) is 6. The second-order valence-electron chi connectivity index (χ2n) is 5.36. The summed E-state index contributed by atoms with van der Waals surface area (Å²) in [7, 11) is 0. The summed E-state index contributed by atoms with van der Waals surface area (Å²) in [5.41, 5.74) is 0.839. The summed E-state index contributed by atoms with van der Waals surface area (Å²) in [5.74, 6) is -0.0721. The second-order valence-corrected chi connectivity index (χ2v) is 5.72. The lowest BCUT2D eigenvalue weighted by atomic mass is 9.97. The summed E-state index contributed by atoms with van der Waals surface area (Å²) >= 11 is 5.48. The SMILES string of the molecule is O=C1CC(n2nnn(-c3ccccc3)c2=S)C2CCOC1O2. The summed E-state index contributed by atoms with van der Waals surface area (Å²) in [6.45, 7) is 0.512. The first-order chi connectivity index (χ1) is 10.7. The Hall–Kier alpha value is -1.90. The molecular weight excluding hydrogens is 304 g/mol. The number of hydrogen-bond donors (Lipinski definition) is 0. The van der Waals surface area contributed by atoms with Gasteiger partial charge in [0, 0.05) is 6.42 Å². The Morgan fingerprint density at radius 2 is 2.05 bits per heavy atom. The number of ketones is 1. The number of nitrogens with zero attached hydrogens (tertiary/aromatic N) is 4. The third kappa shape index (κ3) is 2.20. The molecule has 2 aromatic rings. The van der Waals surface area contributed by atoms with Crippen molar-refractivity contribution in [2.45, 2.75) is 31.3 Å². The van der Waals surface area contributed by atoms with E-state index in [0.717, 1.165) is 5.69 Å². The number of benzene rings is 1. The lowest BCUT2D eigenvalue weighted by molar-refractivity contribution is -0.234. The topological polar surface area (TPSA) is 71.2 Å². The van der Waals surface area contributed by atoms with Crippen LogP contribution in [0.1, 0.15) is 18.9 Å². The minimum Gasteiger partial charge on any atom is -0.346 e. The molecule has 0 N–H and O–H groups in total. The van der Waals surface area contributed by atoms with Gasteiger partial charge >= 0.3 is 0 Å². The number of carbonyl (C=O) groups is 1. The van der Waals surface area contributed by atoms with Crippen molar-refractivity contribution >= 4 is 18.0 Å². The Kier molecular flexibility index (Phi) is 3.36. The standard InChI is InChI=1S/C14H14N4O3S/c19-11-8-10(12-6-7-20-13(11)21-12)18-14(22)17(15-16-18)9-4-2-1-3-5-9/h1-5,10,12-13H,6-8H2. The van der Waals surface area contributed by atoms with Crippen molar-refractivity contribution in [1.82, 2.24) is 19.8 Å². The molecule has 0 saturated carbocycles. The van der Waals surface area contributed by atoms with Crippen LogP contribution in [-0.2, 0) is 14.3 Å². The minimum atomic E-state index is -0.728. The van der Waals surface area contributed by atoms with Gasteiger partial charge in [-0.1, -0.05) is 18.2 Å². The highest BCUT2D eigenvalue weighted by molar-refractivity contribution is 7.71. The van der Waals surface area contributed by atoms with Crippen LogP contribution in [-0.4, -0.2) is 44.6 Å². The van der Waals surface area contributed by atoms with Gasteiger partial charge in [-0.15, -0.1) is 0 Å². The Labute approximate surface area is 131 Å². The molecule has 0 spiro atoms. The minimum absolute atomic E-state index is 0.0721. The molecule has 0 radical (unpaired) electrons. The molecule has 3 atom stereocenters. The number of rotatable bonds is 2. The van der Waals surface area contributed by atoms with E-state index in [0.29, 0.717) is 24.2 Å². The van der Waals surface area contributed by atoms with Crippen molar-refractivity contribution in [3.63, 3.8) is 0 Å². The van der Waals surface area contributed by atoms with Crippen LogP contribution in [0, 0.1) is 4.77 Å². The van der Waals surface area contributed by atoms with Crippen molar-refractivity contribution in [3.05, 3.63) is 35.1 Å². The van der Waals surface area contributed by atoms with Gasteiger partial charge in [-0.3, -0.25) is 4.79 Å². The van der Waals surface area contributed by atoms with E-state index in [9.17, 15) is 4.79 Å². The van der Waals surface area contributed by atoms with Crippen LogP contribution >= 0.6 is 12.2 Å². The van der Waals surface area contributed by atoms with Crippen LogP contribution in [0.15, 0.2) is 30.3 Å². The molecule has 114 valence electrons. The third-order valence-electron chi connectivity index (χ3n) is 3.99. The van der Waals surface area contributed by atoms with Crippen molar-refractivity contribution in [2.24, 2.45) is 0 Å². The summed E-state index contributed by atoms with van der Waals surface area (Å²) in [6, 6.07) is 9.33. The summed E-state index contributed by atoms with van der Waals surface area (Å²) < 4.78 is 14.6. The molecule has 0 amide bonds.